The normalized spacial score (nSPS) is 12.6. The molecule has 29 heavy (non-hydrogen) atoms. The van der Waals surface area contributed by atoms with E-state index in [1.54, 1.807) is 28.9 Å². The lowest BCUT2D eigenvalue weighted by Gasteiger charge is -2.11. The van der Waals surface area contributed by atoms with Gasteiger partial charge in [-0.25, -0.2) is 8.91 Å². The van der Waals surface area contributed by atoms with Crippen molar-refractivity contribution in [1.82, 2.24) is 19.6 Å². The molecule has 1 atom stereocenters. The van der Waals surface area contributed by atoms with E-state index in [0.29, 0.717) is 27.7 Å². The Bertz CT molecular complexity index is 1170. The zero-order valence-corrected chi connectivity index (χ0v) is 16.3. The van der Waals surface area contributed by atoms with Crippen molar-refractivity contribution < 1.29 is 23.7 Å². The van der Waals surface area contributed by atoms with E-state index in [-0.39, 0.29) is 24.8 Å². The highest BCUT2D eigenvalue weighted by Crippen LogP contribution is 2.34. The van der Waals surface area contributed by atoms with Gasteiger partial charge in [-0.1, -0.05) is 0 Å². The molecule has 152 valence electrons. The fourth-order valence-electron chi connectivity index (χ4n) is 3.22. The van der Waals surface area contributed by atoms with Gasteiger partial charge in [0, 0.05) is 29.3 Å². The Labute approximate surface area is 165 Å². The molecule has 2 N–H and O–H groups in total. The monoisotopic (exact) mass is 400 g/mol. The van der Waals surface area contributed by atoms with Crippen LogP contribution in [-0.4, -0.2) is 51.1 Å². The van der Waals surface area contributed by atoms with Crippen LogP contribution < -0.4 is 9.47 Å². The van der Waals surface area contributed by atoms with Crippen LogP contribution in [0.4, 0.5) is 4.39 Å². The summed E-state index contributed by atoms with van der Waals surface area (Å²) in [4.78, 5) is 7.27. The number of aromatic nitrogens is 4. The molecule has 8 nitrogen and oxygen atoms in total. The van der Waals surface area contributed by atoms with Gasteiger partial charge in [0.05, 0.1) is 12.8 Å². The molecule has 4 rings (SSSR count). The number of nitrogens with zero attached hydrogens (tertiary/aromatic N) is 3. The summed E-state index contributed by atoms with van der Waals surface area (Å²) in [6.45, 7) is 3.91. The van der Waals surface area contributed by atoms with E-state index in [2.05, 4.69) is 15.1 Å². The van der Waals surface area contributed by atoms with Crippen LogP contribution in [0.2, 0.25) is 0 Å². The Kier molecular flexibility index (Phi) is 5.08. The average Bonchev–Trinajstić information content (AvgIpc) is 3.23. The van der Waals surface area contributed by atoms with Crippen molar-refractivity contribution in [2.45, 2.75) is 20.0 Å². The number of rotatable bonds is 7. The van der Waals surface area contributed by atoms with Gasteiger partial charge in [-0.05, 0) is 32.0 Å². The predicted molar refractivity (Wildman–Crippen MR) is 104 cm³/mol. The molecule has 0 radical (unpaired) electrons. The van der Waals surface area contributed by atoms with E-state index in [1.807, 2.05) is 13.8 Å². The van der Waals surface area contributed by atoms with Gasteiger partial charge in [0.1, 0.15) is 30.3 Å². The van der Waals surface area contributed by atoms with Crippen molar-refractivity contribution >= 4 is 16.4 Å². The topological polar surface area (TPSA) is 93.9 Å². The van der Waals surface area contributed by atoms with Gasteiger partial charge in [-0.2, -0.15) is 10.1 Å². The summed E-state index contributed by atoms with van der Waals surface area (Å²) in [6.07, 6.45) is 2.23. The molecule has 0 aliphatic carbocycles. The van der Waals surface area contributed by atoms with Gasteiger partial charge in [0.15, 0.2) is 11.6 Å². The number of fused-ring (bicyclic) bond motifs is 2. The molecule has 3 heterocycles. The minimum atomic E-state index is -0.755. The van der Waals surface area contributed by atoms with Gasteiger partial charge in [-0.3, -0.25) is 0 Å². The summed E-state index contributed by atoms with van der Waals surface area (Å²) >= 11 is 0. The highest BCUT2D eigenvalue weighted by Gasteiger charge is 2.18. The molecule has 1 aromatic carbocycles. The fraction of sp³-hybridized carbons (Fsp3) is 0.300. The Morgan fingerprint density at radius 2 is 2.07 bits per heavy atom. The third-order valence-corrected chi connectivity index (χ3v) is 4.58. The first kappa shape index (κ1) is 19.2. The zero-order valence-electron chi connectivity index (χ0n) is 16.3. The van der Waals surface area contributed by atoms with Crippen LogP contribution in [-0.2, 0) is 4.74 Å². The second kappa shape index (κ2) is 7.69. The Balaban J connectivity index is 1.67. The lowest BCUT2D eigenvalue weighted by Crippen LogP contribution is -2.22. The Morgan fingerprint density at radius 1 is 1.24 bits per heavy atom. The molecule has 0 bridgehead atoms. The van der Waals surface area contributed by atoms with Gasteiger partial charge < -0.3 is 24.3 Å². The summed E-state index contributed by atoms with van der Waals surface area (Å²) in [5.74, 6) is 0.320. The minimum absolute atomic E-state index is 0.0628. The number of ether oxygens (including phenoxy) is 3. The van der Waals surface area contributed by atoms with Crippen molar-refractivity contribution in [2.24, 2.45) is 0 Å². The molecule has 0 aliphatic rings. The number of benzene rings is 1. The molecule has 3 aromatic heterocycles. The summed E-state index contributed by atoms with van der Waals surface area (Å²) in [7, 11) is 1.51. The highest BCUT2D eigenvalue weighted by atomic mass is 19.1. The first-order valence-electron chi connectivity index (χ1n) is 9.06. The maximum Gasteiger partial charge on any atom is 0.247 e. The molecule has 0 amide bonds. The predicted octanol–water partition coefficient (Wildman–Crippen LogP) is 3.14. The summed E-state index contributed by atoms with van der Waals surface area (Å²) in [6, 6.07) is 5.05. The number of nitrogens with one attached hydrogen (secondary N) is 1. The standard InChI is InChI=1S/C20H21FN4O4/c1-11-6-14-15(24-11)4-5-16(18(14)21)29-20-19-12(2)17(7-25(19)23-10-22-20)28-9-13(26)8-27-3/h4-7,10,13,24,26H,8-9H2,1-3H3/t13-/m0/s1. The van der Waals surface area contributed by atoms with E-state index < -0.39 is 11.9 Å². The van der Waals surface area contributed by atoms with Crippen molar-refractivity contribution in [3.05, 3.63) is 47.8 Å². The zero-order chi connectivity index (χ0) is 20.5. The molecule has 0 unspecified atom stereocenters. The molecule has 4 aromatic rings. The van der Waals surface area contributed by atoms with Gasteiger partial charge in [0.2, 0.25) is 5.88 Å². The average molecular weight is 400 g/mol. The number of aromatic amines is 1. The van der Waals surface area contributed by atoms with E-state index in [0.717, 1.165) is 5.69 Å². The molecular weight excluding hydrogens is 379 g/mol. The number of aryl methyl sites for hydroxylation is 2. The Morgan fingerprint density at radius 3 is 2.86 bits per heavy atom. The molecule has 0 spiro atoms. The third kappa shape index (κ3) is 3.62. The van der Waals surface area contributed by atoms with E-state index in [1.165, 1.54) is 13.4 Å². The SMILES string of the molecule is COC[C@H](O)COc1cn2ncnc(Oc3ccc4[nH]c(C)cc4c3F)c2c1C. The van der Waals surface area contributed by atoms with Gasteiger partial charge in [-0.15, -0.1) is 0 Å². The number of halogens is 1. The maximum atomic E-state index is 14.9. The van der Waals surface area contributed by atoms with Crippen LogP contribution in [0.1, 0.15) is 11.3 Å². The van der Waals surface area contributed by atoms with E-state index in [4.69, 9.17) is 14.2 Å². The van der Waals surface area contributed by atoms with Gasteiger partial charge in [0.25, 0.3) is 0 Å². The molecule has 0 saturated heterocycles. The molecule has 9 heteroatoms. The first-order valence-corrected chi connectivity index (χ1v) is 9.06. The second-order valence-electron chi connectivity index (χ2n) is 6.79. The second-order valence-corrected chi connectivity index (χ2v) is 6.79. The molecule has 0 saturated carbocycles. The largest absolute Gasteiger partial charge is 0.489 e. The number of H-pyrrole nitrogens is 1. The van der Waals surface area contributed by atoms with Crippen molar-refractivity contribution in [3.63, 3.8) is 0 Å². The lowest BCUT2D eigenvalue weighted by molar-refractivity contribution is 0.0324. The summed E-state index contributed by atoms with van der Waals surface area (Å²) < 4.78 is 32.8. The van der Waals surface area contributed by atoms with E-state index >= 15 is 0 Å². The Hall–Kier alpha value is -3.17. The molecular formula is C20H21FN4O4. The number of methoxy groups -OCH3 is 1. The lowest BCUT2D eigenvalue weighted by atomic mass is 10.2. The van der Waals surface area contributed by atoms with Crippen LogP contribution in [0.25, 0.3) is 16.4 Å². The maximum absolute atomic E-state index is 14.9. The first-order chi connectivity index (χ1) is 14.0. The summed E-state index contributed by atoms with van der Waals surface area (Å²) in [5, 5.41) is 14.4. The smallest absolute Gasteiger partial charge is 0.247 e. The van der Waals surface area contributed by atoms with Gasteiger partial charge >= 0.3 is 0 Å². The van der Waals surface area contributed by atoms with E-state index in [9.17, 15) is 9.50 Å². The fourth-order valence-corrected chi connectivity index (χ4v) is 3.22. The van der Waals surface area contributed by atoms with Crippen molar-refractivity contribution in [2.75, 3.05) is 20.3 Å². The third-order valence-electron chi connectivity index (χ3n) is 4.58. The van der Waals surface area contributed by atoms with Crippen LogP contribution >= 0.6 is 0 Å². The van der Waals surface area contributed by atoms with Crippen LogP contribution in [0.3, 0.4) is 0 Å². The molecule has 0 aliphatic heterocycles. The number of aliphatic hydroxyl groups excluding tert-OH is 1. The number of hydrogen-bond donors (Lipinski definition) is 2. The summed E-state index contributed by atoms with van der Waals surface area (Å²) in [5.41, 5.74) is 2.82. The van der Waals surface area contributed by atoms with Crippen LogP contribution in [0, 0.1) is 19.7 Å². The van der Waals surface area contributed by atoms with Crippen LogP contribution in [0.5, 0.6) is 17.4 Å². The van der Waals surface area contributed by atoms with Crippen LogP contribution in [0.15, 0.2) is 30.7 Å². The number of aliphatic hydroxyl groups is 1. The quantitative estimate of drug-likeness (QED) is 0.495. The minimum Gasteiger partial charge on any atom is -0.489 e. The van der Waals surface area contributed by atoms with Crippen molar-refractivity contribution in [1.29, 1.82) is 0 Å². The van der Waals surface area contributed by atoms with Crippen molar-refractivity contribution in [3.8, 4) is 17.4 Å². The highest BCUT2D eigenvalue weighted by molar-refractivity contribution is 5.83. The number of hydrogen-bond acceptors (Lipinski definition) is 6. The molecule has 0 fully saturated rings.